The Kier molecular flexibility index (Phi) is 7.73. The number of benzene rings is 1. The number of amides is 2. The molecule has 2 heterocycles. The molecular weight excluding hydrogens is 476 g/mol. The van der Waals surface area contributed by atoms with Crippen LogP contribution in [-0.4, -0.2) is 34.9 Å². The van der Waals surface area contributed by atoms with Crippen LogP contribution < -0.4 is 15.0 Å². The van der Waals surface area contributed by atoms with Crippen molar-refractivity contribution in [1.29, 1.82) is 0 Å². The predicted molar refractivity (Wildman–Crippen MR) is 148 cm³/mol. The monoisotopic (exact) mass is 510 g/mol. The Balaban J connectivity index is 1.55. The van der Waals surface area contributed by atoms with Gasteiger partial charge in [-0.2, -0.15) is 0 Å². The van der Waals surface area contributed by atoms with E-state index in [9.17, 15) is 9.59 Å². The summed E-state index contributed by atoms with van der Waals surface area (Å²) < 4.78 is 5.35. The number of aromatic amines is 1. The SMILES string of the molecule is COc1ccc(N(C(=O)c2ccc(C3C=CC=CC3C)[nH]2)C(C(=O)NC2CCCC2)c2ccncc2)cc1. The second-order valence-corrected chi connectivity index (χ2v) is 10.0. The van der Waals surface area contributed by atoms with Crippen LogP contribution in [0.25, 0.3) is 0 Å². The molecule has 1 aromatic carbocycles. The molecule has 2 aromatic heterocycles. The number of allylic oxidation sites excluding steroid dienone is 4. The minimum Gasteiger partial charge on any atom is -0.497 e. The number of hydrogen-bond donors (Lipinski definition) is 2. The summed E-state index contributed by atoms with van der Waals surface area (Å²) in [5, 5.41) is 3.21. The van der Waals surface area contributed by atoms with Crippen LogP contribution in [0.4, 0.5) is 5.69 Å². The van der Waals surface area contributed by atoms with Crippen LogP contribution in [-0.2, 0) is 4.79 Å². The molecule has 38 heavy (non-hydrogen) atoms. The van der Waals surface area contributed by atoms with Crippen molar-refractivity contribution in [3.05, 3.63) is 102 Å². The van der Waals surface area contributed by atoms with E-state index in [1.54, 1.807) is 48.7 Å². The van der Waals surface area contributed by atoms with Gasteiger partial charge >= 0.3 is 0 Å². The molecule has 1 saturated carbocycles. The molecule has 0 radical (unpaired) electrons. The molecule has 7 nitrogen and oxygen atoms in total. The second kappa shape index (κ2) is 11.5. The van der Waals surface area contributed by atoms with Crippen molar-refractivity contribution in [1.82, 2.24) is 15.3 Å². The van der Waals surface area contributed by atoms with Crippen LogP contribution in [0.5, 0.6) is 5.75 Å². The maximum atomic E-state index is 14.3. The van der Waals surface area contributed by atoms with Gasteiger partial charge in [-0.1, -0.05) is 44.1 Å². The first kappa shape index (κ1) is 25.5. The fourth-order valence-electron chi connectivity index (χ4n) is 5.41. The number of carbonyl (C=O) groups is 2. The van der Waals surface area contributed by atoms with E-state index in [-0.39, 0.29) is 23.8 Å². The molecule has 0 aliphatic heterocycles. The Labute approximate surface area is 223 Å². The number of pyridine rings is 1. The van der Waals surface area contributed by atoms with Gasteiger partial charge in [0.05, 0.1) is 7.11 Å². The van der Waals surface area contributed by atoms with Gasteiger partial charge in [-0.25, -0.2) is 0 Å². The molecule has 2 aliphatic carbocycles. The molecule has 7 heteroatoms. The zero-order chi connectivity index (χ0) is 26.5. The lowest BCUT2D eigenvalue weighted by Crippen LogP contribution is -2.46. The molecule has 0 bridgehead atoms. The van der Waals surface area contributed by atoms with Gasteiger partial charge < -0.3 is 15.0 Å². The smallest absolute Gasteiger partial charge is 0.275 e. The topological polar surface area (TPSA) is 87.3 Å². The van der Waals surface area contributed by atoms with E-state index in [0.717, 1.165) is 31.4 Å². The van der Waals surface area contributed by atoms with Gasteiger partial charge in [0, 0.05) is 35.7 Å². The number of H-pyrrole nitrogens is 1. The van der Waals surface area contributed by atoms with Crippen molar-refractivity contribution >= 4 is 17.5 Å². The van der Waals surface area contributed by atoms with Crippen LogP contribution in [0.1, 0.15) is 66.3 Å². The normalized spacial score (nSPS) is 19.7. The highest BCUT2D eigenvalue weighted by atomic mass is 16.5. The molecule has 1 fully saturated rings. The van der Waals surface area contributed by atoms with Crippen molar-refractivity contribution in [2.75, 3.05) is 12.0 Å². The number of ether oxygens (including phenoxy) is 1. The van der Waals surface area contributed by atoms with Gasteiger partial charge in [0.2, 0.25) is 5.91 Å². The molecule has 2 aliphatic rings. The van der Waals surface area contributed by atoms with Crippen LogP contribution in [0, 0.1) is 5.92 Å². The number of nitrogens with one attached hydrogen (secondary N) is 2. The first-order valence-electron chi connectivity index (χ1n) is 13.3. The maximum Gasteiger partial charge on any atom is 0.275 e. The minimum atomic E-state index is -0.873. The van der Waals surface area contributed by atoms with Crippen LogP contribution in [0.2, 0.25) is 0 Å². The van der Waals surface area contributed by atoms with Gasteiger partial charge in [0.15, 0.2) is 0 Å². The van der Waals surface area contributed by atoms with Crippen molar-refractivity contribution in [2.45, 2.75) is 50.6 Å². The molecule has 0 spiro atoms. The van der Waals surface area contributed by atoms with Gasteiger partial charge in [0.25, 0.3) is 5.91 Å². The highest BCUT2D eigenvalue weighted by Gasteiger charge is 2.35. The fraction of sp³-hybridized carbons (Fsp3) is 0.323. The number of anilines is 1. The molecule has 2 N–H and O–H groups in total. The summed E-state index contributed by atoms with van der Waals surface area (Å²) in [5.74, 6) is 0.643. The number of hydrogen-bond acceptors (Lipinski definition) is 4. The first-order chi connectivity index (χ1) is 18.5. The predicted octanol–water partition coefficient (Wildman–Crippen LogP) is 5.71. The Bertz CT molecular complexity index is 1310. The number of rotatable bonds is 8. The third-order valence-corrected chi connectivity index (χ3v) is 7.51. The highest BCUT2D eigenvalue weighted by Crippen LogP contribution is 2.33. The number of aromatic nitrogens is 2. The van der Waals surface area contributed by atoms with E-state index in [1.807, 2.05) is 36.4 Å². The zero-order valence-corrected chi connectivity index (χ0v) is 21.8. The molecule has 2 amide bonds. The average Bonchev–Trinajstić information content (AvgIpc) is 3.65. The van der Waals surface area contributed by atoms with Crippen molar-refractivity contribution < 1.29 is 14.3 Å². The van der Waals surface area contributed by atoms with Crippen molar-refractivity contribution in [2.24, 2.45) is 5.92 Å². The lowest BCUT2D eigenvalue weighted by molar-refractivity contribution is -0.123. The molecule has 5 rings (SSSR count). The summed E-state index contributed by atoms with van der Waals surface area (Å²) in [6, 6.07) is 13.8. The quantitative estimate of drug-likeness (QED) is 0.406. The van der Waals surface area contributed by atoms with E-state index >= 15 is 0 Å². The molecule has 3 unspecified atom stereocenters. The lowest BCUT2D eigenvalue weighted by atomic mass is 9.88. The summed E-state index contributed by atoms with van der Waals surface area (Å²) in [4.78, 5) is 37.2. The third-order valence-electron chi connectivity index (χ3n) is 7.51. The van der Waals surface area contributed by atoms with E-state index in [0.29, 0.717) is 28.6 Å². The fourth-order valence-corrected chi connectivity index (χ4v) is 5.41. The zero-order valence-electron chi connectivity index (χ0n) is 21.8. The number of methoxy groups -OCH3 is 1. The molecule has 196 valence electrons. The highest BCUT2D eigenvalue weighted by molar-refractivity contribution is 6.09. The van der Waals surface area contributed by atoms with Gasteiger partial charge in [-0.3, -0.25) is 19.5 Å². The van der Waals surface area contributed by atoms with Crippen molar-refractivity contribution in [3.8, 4) is 5.75 Å². The van der Waals surface area contributed by atoms with Crippen LogP contribution in [0.3, 0.4) is 0 Å². The van der Waals surface area contributed by atoms with E-state index < -0.39 is 6.04 Å². The second-order valence-electron chi connectivity index (χ2n) is 10.0. The molecular formula is C31H34N4O3. The maximum absolute atomic E-state index is 14.3. The van der Waals surface area contributed by atoms with Crippen molar-refractivity contribution in [3.63, 3.8) is 0 Å². The van der Waals surface area contributed by atoms with Gasteiger partial charge in [-0.05, 0) is 72.9 Å². The summed E-state index contributed by atoms with van der Waals surface area (Å²) in [7, 11) is 1.60. The first-order valence-corrected chi connectivity index (χ1v) is 13.3. The standard InChI is InChI=1S/C31H34N4O3/c1-21-7-3-6-10-26(21)27-15-16-28(34-27)31(37)35(24-11-13-25(38-2)14-12-24)29(22-17-19-32-20-18-22)30(36)33-23-8-4-5-9-23/h3,6-7,10-21,23,26,29,34H,4-5,8-9H2,1-2H3,(H,33,36). The lowest BCUT2D eigenvalue weighted by Gasteiger charge is -2.32. The Hall–Kier alpha value is -4.13. The number of carbonyl (C=O) groups excluding carboxylic acids is 2. The van der Waals surface area contributed by atoms with Gasteiger partial charge in [-0.15, -0.1) is 0 Å². The van der Waals surface area contributed by atoms with Gasteiger partial charge in [0.1, 0.15) is 17.5 Å². The van der Waals surface area contributed by atoms with E-state index in [2.05, 4.69) is 34.4 Å². The van der Waals surface area contributed by atoms with E-state index in [4.69, 9.17) is 4.74 Å². The largest absolute Gasteiger partial charge is 0.497 e. The molecule has 3 atom stereocenters. The Morgan fingerprint density at radius 2 is 1.71 bits per heavy atom. The molecule has 0 saturated heterocycles. The molecule has 3 aromatic rings. The number of nitrogens with zero attached hydrogens (tertiary/aromatic N) is 2. The third kappa shape index (κ3) is 5.42. The summed E-state index contributed by atoms with van der Waals surface area (Å²) in [5.41, 5.74) is 2.69. The average molecular weight is 511 g/mol. The summed E-state index contributed by atoms with van der Waals surface area (Å²) in [6.45, 7) is 2.16. The summed E-state index contributed by atoms with van der Waals surface area (Å²) in [6.07, 6.45) is 15.8. The van der Waals surface area contributed by atoms with E-state index in [1.165, 1.54) is 0 Å². The Morgan fingerprint density at radius 3 is 2.39 bits per heavy atom. The minimum absolute atomic E-state index is 0.115. The Morgan fingerprint density at radius 1 is 1.00 bits per heavy atom. The van der Waals surface area contributed by atoms with Crippen LogP contribution in [0.15, 0.2) is 85.2 Å². The summed E-state index contributed by atoms with van der Waals surface area (Å²) >= 11 is 0. The van der Waals surface area contributed by atoms with Crippen LogP contribution >= 0.6 is 0 Å².